The Hall–Kier alpha value is -2.94. The first-order valence-electron chi connectivity index (χ1n) is 11.9. The molecule has 0 saturated carbocycles. The zero-order chi connectivity index (χ0) is 28.0. The van der Waals surface area contributed by atoms with Crippen LogP contribution in [0.25, 0.3) is 6.08 Å². The summed E-state index contributed by atoms with van der Waals surface area (Å²) in [6, 6.07) is 8.75. The minimum absolute atomic E-state index is 0.184. The fraction of sp³-hybridized carbons (Fsp3) is 0.321. The number of benzene rings is 2. The van der Waals surface area contributed by atoms with E-state index in [1.165, 1.54) is 0 Å². The number of hydrogen-bond acceptors (Lipinski definition) is 7. The van der Waals surface area contributed by atoms with Gasteiger partial charge in [-0.1, -0.05) is 35.3 Å². The summed E-state index contributed by atoms with van der Waals surface area (Å²) in [5, 5.41) is 0.476. The minimum atomic E-state index is -0.728. The average molecular weight is 579 g/mol. The van der Waals surface area contributed by atoms with Crippen molar-refractivity contribution in [2.75, 3.05) is 13.2 Å². The smallest absolute Gasteiger partial charge is 0.326 e. The molecular formula is C28H29Cl2NO6S. The van der Waals surface area contributed by atoms with Crippen LogP contribution in [-0.2, 0) is 27.4 Å². The van der Waals surface area contributed by atoms with Gasteiger partial charge in [0.15, 0.2) is 11.5 Å². The third kappa shape index (κ3) is 7.79. The second-order valence-corrected chi connectivity index (χ2v) is 11.1. The Morgan fingerprint density at radius 1 is 1.11 bits per heavy atom. The van der Waals surface area contributed by atoms with Crippen LogP contribution in [0.5, 0.6) is 11.5 Å². The number of allylic oxidation sites excluding steroid dienone is 1. The number of imide groups is 1. The van der Waals surface area contributed by atoms with Gasteiger partial charge in [-0.05, 0) is 81.8 Å². The topological polar surface area (TPSA) is 82.1 Å². The molecule has 0 unspecified atom stereocenters. The number of thioether (sulfide) groups is 1. The molecular weight excluding hydrogens is 549 g/mol. The molecule has 38 heavy (non-hydrogen) atoms. The molecule has 10 heteroatoms. The van der Waals surface area contributed by atoms with Crippen LogP contribution in [0.2, 0.25) is 10.0 Å². The van der Waals surface area contributed by atoms with Gasteiger partial charge >= 0.3 is 5.97 Å². The van der Waals surface area contributed by atoms with Crippen LogP contribution in [-0.4, -0.2) is 40.8 Å². The van der Waals surface area contributed by atoms with Crippen LogP contribution >= 0.6 is 35.0 Å². The Morgan fingerprint density at radius 2 is 1.84 bits per heavy atom. The monoisotopic (exact) mass is 577 g/mol. The van der Waals surface area contributed by atoms with E-state index in [-0.39, 0.29) is 11.5 Å². The first kappa shape index (κ1) is 29.6. The quantitative estimate of drug-likeness (QED) is 0.169. The molecule has 0 aromatic heterocycles. The van der Waals surface area contributed by atoms with Crippen molar-refractivity contribution in [3.8, 4) is 11.5 Å². The normalized spacial score (nSPS) is 14.7. The van der Waals surface area contributed by atoms with E-state index in [1.807, 2.05) is 13.0 Å². The highest BCUT2D eigenvalue weighted by atomic mass is 35.5. The Morgan fingerprint density at radius 3 is 2.47 bits per heavy atom. The molecule has 1 saturated heterocycles. The van der Waals surface area contributed by atoms with Gasteiger partial charge in [0.05, 0.1) is 11.5 Å². The lowest BCUT2D eigenvalue weighted by Gasteiger charge is -2.21. The fourth-order valence-corrected chi connectivity index (χ4v) is 4.88. The van der Waals surface area contributed by atoms with E-state index in [2.05, 4.69) is 6.58 Å². The number of ether oxygens (including phenoxy) is 3. The highest BCUT2D eigenvalue weighted by molar-refractivity contribution is 8.18. The Bertz CT molecular complexity index is 1280. The van der Waals surface area contributed by atoms with Crippen LogP contribution in [0.1, 0.15) is 44.4 Å². The number of carbonyl (C=O) groups is 3. The van der Waals surface area contributed by atoms with Gasteiger partial charge in [0.25, 0.3) is 11.1 Å². The van der Waals surface area contributed by atoms with E-state index in [9.17, 15) is 14.4 Å². The predicted molar refractivity (Wildman–Crippen MR) is 151 cm³/mol. The molecule has 202 valence electrons. The highest BCUT2D eigenvalue weighted by Crippen LogP contribution is 2.38. The maximum Gasteiger partial charge on any atom is 0.326 e. The molecule has 7 nitrogen and oxygen atoms in total. The Kier molecular flexibility index (Phi) is 9.93. The molecule has 3 rings (SSSR count). The van der Waals surface area contributed by atoms with Crippen LogP contribution in [0, 0.1) is 0 Å². The van der Waals surface area contributed by atoms with E-state index in [0.29, 0.717) is 40.1 Å². The van der Waals surface area contributed by atoms with Gasteiger partial charge in [-0.15, -0.1) is 6.58 Å². The van der Waals surface area contributed by atoms with E-state index < -0.39 is 29.3 Å². The van der Waals surface area contributed by atoms with Crippen LogP contribution < -0.4 is 9.47 Å². The van der Waals surface area contributed by atoms with Gasteiger partial charge in [0.2, 0.25) is 0 Å². The number of esters is 1. The van der Waals surface area contributed by atoms with Gasteiger partial charge in [-0.3, -0.25) is 19.3 Å². The zero-order valence-corrected chi connectivity index (χ0v) is 24.0. The average Bonchev–Trinajstić information content (AvgIpc) is 3.06. The van der Waals surface area contributed by atoms with Crippen molar-refractivity contribution in [1.82, 2.24) is 4.90 Å². The lowest BCUT2D eigenvalue weighted by molar-refractivity contribution is -0.156. The van der Waals surface area contributed by atoms with Crippen molar-refractivity contribution in [3.05, 3.63) is 74.6 Å². The van der Waals surface area contributed by atoms with Gasteiger partial charge in [0, 0.05) is 21.2 Å². The maximum atomic E-state index is 12.9. The molecule has 2 amide bonds. The van der Waals surface area contributed by atoms with Crippen LogP contribution in [0.15, 0.2) is 47.9 Å². The van der Waals surface area contributed by atoms with Gasteiger partial charge in [-0.2, -0.15) is 0 Å². The van der Waals surface area contributed by atoms with Crippen molar-refractivity contribution in [3.63, 3.8) is 0 Å². The predicted octanol–water partition coefficient (Wildman–Crippen LogP) is 7.08. The van der Waals surface area contributed by atoms with Gasteiger partial charge < -0.3 is 14.2 Å². The maximum absolute atomic E-state index is 12.9. The Labute approximate surface area is 236 Å². The molecule has 1 aliphatic heterocycles. The molecule has 0 aliphatic carbocycles. The molecule has 0 spiro atoms. The summed E-state index contributed by atoms with van der Waals surface area (Å²) in [5.41, 5.74) is 1.43. The third-order valence-electron chi connectivity index (χ3n) is 5.08. The minimum Gasteiger partial charge on any atom is -0.490 e. The van der Waals surface area contributed by atoms with E-state index >= 15 is 0 Å². The SMILES string of the molecule is C=CCc1cc(C=C2SC(=O)N(CC(=O)OC(C)(C)C)C2=O)cc(OCC)c1OCc1ccc(Cl)cc1Cl. The number of nitrogens with zero attached hydrogens (tertiary/aromatic N) is 1. The molecule has 0 radical (unpaired) electrons. The highest BCUT2D eigenvalue weighted by Gasteiger charge is 2.37. The molecule has 1 fully saturated rings. The second kappa shape index (κ2) is 12.7. The Balaban J connectivity index is 1.89. The van der Waals surface area contributed by atoms with Crippen molar-refractivity contribution < 1.29 is 28.6 Å². The zero-order valence-electron chi connectivity index (χ0n) is 21.6. The summed E-state index contributed by atoms with van der Waals surface area (Å²) in [4.78, 5) is 38.7. The summed E-state index contributed by atoms with van der Waals surface area (Å²) in [5.74, 6) is -0.230. The number of carbonyl (C=O) groups excluding carboxylic acids is 3. The lowest BCUT2D eigenvalue weighted by Crippen LogP contribution is -2.37. The summed E-state index contributed by atoms with van der Waals surface area (Å²) >= 11 is 13.1. The molecule has 0 atom stereocenters. The summed E-state index contributed by atoms with van der Waals surface area (Å²) < 4.78 is 17.2. The van der Waals surface area contributed by atoms with E-state index in [4.69, 9.17) is 37.4 Å². The number of rotatable bonds is 10. The van der Waals surface area contributed by atoms with Crippen LogP contribution in [0.4, 0.5) is 4.79 Å². The lowest BCUT2D eigenvalue weighted by atomic mass is 10.0. The van der Waals surface area contributed by atoms with E-state index in [0.717, 1.165) is 27.8 Å². The van der Waals surface area contributed by atoms with Crippen molar-refractivity contribution in [1.29, 1.82) is 0 Å². The van der Waals surface area contributed by atoms with E-state index in [1.54, 1.807) is 57.2 Å². The molecule has 2 aromatic carbocycles. The molecule has 0 bridgehead atoms. The number of hydrogen-bond donors (Lipinski definition) is 0. The largest absolute Gasteiger partial charge is 0.490 e. The van der Waals surface area contributed by atoms with Gasteiger partial charge in [-0.25, -0.2) is 0 Å². The van der Waals surface area contributed by atoms with Crippen molar-refractivity contribution in [2.45, 2.75) is 46.3 Å². The molecule has 1 heterocycles. The number of halogens is 2. The second-order valence-electron chi connectivity index (χ2n) is 9.31. The van der Waals surface area contributed by atoms with Gasteiger partial charge in [0.1, 0.15) is 18.8 Å². The van der Waals surface area contributed by atoms with Crippen molar-refractivity contribution in [2.24, 2.45) is 0 Å². The molecule has 2 aromatic rings. The van der Waals surface area contributed by atoms with Crippen molar-refractivity contribution >= 4 is 58.2 Å². The first-order valence-corrected chi connectivity index (χ1v) is 13.4. The molecule has 1 aliphatic rings. The third-order valence-corrected chi connectivity index (χ3v) is 6.58. The summed E-state index contributed by atoms with van der Waals surface area (Å²) in [6.45, 7) is 10.9. The molecule has 0 N–H and O–H groups in total. The number of amides is 2. The standard InChI is InChI=1S/C28H29Cl2NO6S/c1-6-8-18-11-17(13-23-26(33)31(27(34)38-23)15-24(32)37-28(3,4)5)12-22(35-7-2)25(18)36-16-19-9-10-20(29)14-21(19)30/h6,9-14H,1,7-8,15-16H2,2-5H3. The summed E-state index contributed by atoms with van der Waals surface area (Å²) in [6.07, 6.45) is 3.78. The first-order chi connectivity index (χ1) is 17.9. The fourth-order valence-electron chi connectivity index (χ4n) is 3.58. The summed E-state index contributed by atoms with van der Waals surface area (Å²) in [7, 11) is 0. The van der Waals surface area contributed by atoms with Crippen LogP contribution in [0.3, 0.4) is 0 Å².